The topological polar surface area (TPSA) is 58.2 Å². The molecule has 0 aliphatic rings. The first-order valence-corrected chi connectivity index (χ1v) is 10.00. The summed E-state index contributed by atoms with van der Waals surface area (Å²) in [6, 6.07) is 21.3. The van der Waals surface area contributed by atoms with E-state index in [4.69, 9.17) is 11.6 Å². The molecule has 0 aromatic heterocycles. The minimum atomic E-state index is -0.422. The van der Waals surface area contributed by atoms with Crippen molar-refractivity contribution in [3.63, 3.8) is 0 Å². The van der Waals surface area contributed by atoms with Crippen LogP contribution in [0.5, 0.6) is 0 Å². The van der Waals surface area contributed by atoms with Gasteiger partial charge >= 0.3 is 0 Å². The van der Waals surface area contributed by atoms with Crippen molar-refractivity contribution in [1.82, 2.24) is 5.32 Å². The van der Waals surface area contributed by atoms with Gasteiger partial charge in [0.15, 0.2) is 0 Å². The molecular weight excluding hydrogens is 452 g/mol. The minimum Gasteiger partial charge on any atom is -0.321 e. The third kappa shape index (κ3) is 6.04. The maximum Gasteiger partial charge on any atom is 0.272 e. The number of anilines is 1. The quantitative estimate of drug-likeness (QED) is 0.463. The smallest absolute Gasteiger partial charge is 0.272 e. The van der Waals surface area contributed by atoms with Gasteiger partial charge in [-0.2, -0.15) is 0 Å². The number of hydrogen-bond acceptors (Lipinski definition) is 2. The molecule has 0 atom stereocenters. The lowest BCUT2D eigenvalue weighted by Gasteiger charge is -2.12. The lowest BCUT2D eigenvalue weighted by Crippen LogP contribution is -2.30. The van der Waals surface area contributed by atoms with E-state index in [1.54, 1.807) is 54.6 Å². The highest BCUT2D eigenvalue weighted by Gasteiger charge is 2.15. The summed E-state index contributed by atoms with van der Waals surface area (Å²) < 4.78 is 0.864. The number of hydrogen-bond donors (Lipinski definition) is 2. The Morgan fingerprint density at radius 3 is 2.14 bits per heavy atom. The van der Waals surface area contributed by atoms with E-state index in [1.165, 1.54) is 0 Å². The Bertz CT molecular complexity index is 1040. The van der Waals surface area contributed by atoms with Crippen molar-refractivity contribution < 1.29 is 9.59 Å². The van der Waals surface area contributed by atoms with Gasteiger partial charge in [-0.25, -0.2) is 0 Å². The Morgan fingerprint density at radius 1 is 0.897 bits per heavy atom. The molecule has 0 saturated heterocycles. The van der Waals surface area contributed by atoms with Crippen LogP contribution in [-0.4, -0.2) is 11.8 Å². The molecule has 2 amide bonds. The van der Waals surface area contributed by atoms with E-state index in [1.807, 2.05) is 31.2 Å². The van der Waals surface area contributed by atoms with E-state index in [9.17, 15) is 9.59 Å². The highest BCUT2D eigenvalue weighted by molar-refractivity contribution is 9.10. The fourth-order valence-corrected chi connectivity index (χ4v) is 2.91. The summed E-state index contributed by atoms with van der Waals surface area (Å²) in [7, 11) is 0. The van der Waals surface area contributed by atoms with Crippen LogP contribution in [0, 0.1) is 6.92 Å². The van der Waals surface area contributed by atoms with Crippen LogP contribution in [0.2, 0.25) is 5.02 Å². The van der Waals surface area contributed by atoms with Crippen LogP contribution in [0.25, 0.3) is 6.08 Å². The normalized spacial score (nSPS) is 11.1. The molecule has 0 aliphatic heterocycles. The molecule has 2 N–H and O–H groups in total. The third-order valence-corrected chi connectivity index (χ3v) is 4.87. The summed E-state index contributed by atoms with van der Waals surface area (Å²) in [6.45, 7) is 1.97. The van der Waals surface area contributed by atoms with Crippen molar-refractivity contribution in [2.45, 2.75) is 6.92 Å². The monoisotopic (exact) mass is 468 g/mol. The van der Waals surface area contributed by atoms with E-state index in [-0.39, 0.29) is 11.6 Å². The molecule has 0 heterocycles. The van der Waals surface area contributed by atoms with E-state index < -0.39 is 5.91 Å². The van der Waals surface area contributed by atoms with Crippen LogP contribution in [-0.2, 0) is 4.79 Å². The van der Waals surface area contributed by atoms with Gasteiger partial charge in [-0.05, 0) is 67.1 Å². The lowest BCUT2D eigenvalue weighted by molar-refractivity contribution is -0.113. The number of carbonyl (C=O) groups is 2. The summed E-state index contributed by atoms with van der Waals surface area (Å²) in [5.74, 6) is -0.800. The third-order valence-electron chi connectivity index (χ3n) is 4.09. The number of carbonyl (C=O) groups excluding carboxylic acids is 2. The maximum absolute atomic E-state index is 12.9. The predicted octanol–water partition coefficient (Wildman–Crippen LogP) is 5.82. The van der Waals surface area contributed by atoms with Crippen molar-refractivity contribution >= 4 is 51.1 Å². The van der Waals surface area contributed by atoms with Gasteiger partial charge in [0.05, 0.1) is 0 Å². The van der Waals surface area contributed by atoms with Crippen LogP contribution >= 0.6 is 27.5 Å². The fraction of sp³-hybridized carbons (Fsp3) is 0.0435. The number of aryl methyl sites for hydroxylation is 1. The molecule has 3 aromatic carbocycles. The molecule has 0 fully saturated rings. The number of halogens is 2. The van der Waals surface area contributed by atoms with Gasteiger partial charge in [-0.3, -0.25) is 9.59 Å². The van der Waals surface area contributed by atoms with Gasteiger partial charge in [0.25, 0.3) is 11.8 Å². The molecule has 0 bridgehead atoms. The molecule has 0 spiro atoms. The average Bonchev–Trinajstić information content (AvgIpc) is 2.71. The van der Waals surface area contributed by atoms with Gasteiger partial charge in [-0.1, -0.05) is 57.4 Å². The standard InChI is InChI=1S/C23H18BrClN2O2/c1-15-2-12-20(13-3-15)26-23(29)21(14-16-4-10-19(25)11-5-16)27-22(28)17-6-8-18(24)9-7-17/h2-14H,1H3,(H,26,29)(H,27,28). The molecule has 0 radical (unpaired) electrons. The van der Waals surface area contributed by atoms with Crippen LogP contribution in [0.15, 0.2) is 83.0 Å². The van der Waals surface area contributed by atoms with Crippen LogP contribution in [0.1, 0.15) is 21.5 Å². The van der Waals surface area contributed by atoms with E-state index in [0.717, 1.165) is 15.6 Å². The second-order valence-corrected chi connectivity index (χ2v) is 7.74. The molecule has 3 aromatic rings. The van der Waals surface area contributed by atoms with E-state index in [2.05, 4.69) is 26.6 Å². The molecule has 0 unspecified atom stereocenters. The number of rotatable bonds is 5. The zero-order valence-electron chi connectivity index (χ0n) is 15.6. The molecule has 146 valence electrons. The first-order chi connectivity index (χ1) is 13.9. The largest absolute Gasteiger partial charge is 0.321 e. The van der Waals surface area contributed by atoms with Crippen LogP contribution in [0.4, 0.5) is 5.69 Å². The summed E-state index contributed by atoms with van der Waals surface area (Å²) >= 11 is 9.28. The lowest BCUT2D eigenvalue weighted by atomic mass is 10.1. The van der Waals surface area contributed by atoms with Crippen LogP contribution in [0.3, 0.4) is 0 Å². The molecule has 3 rings (SSSR count). The van der Waals surface area contributed by atoms with E-state index in [0.29, 0.717) is 16.3 Å². The van der Waals surface area contributed by atoms with Crippen molar-refractivity contribution in [3.8, 4) is 0 Å². The van der Waals surface area contributed by atoms with Crippen molar-refractivity contribution in [2.75, 3.05) is 5.32 Å². The van der Waals surface area contributed by atoms with Crippen molar-refractivity contribution in [2.24, 2.45) is 0 Å². The SMILES string of the molecule is Cc1ccc(NC(=O)C(=Cc2ccc(Cl)cc2)NC(=O)c2ccc(Br)cc2)cc1. The van der Waals surface area contributed by atoms with Crippen LogP contribution < -0.4 is 10.6 Å². The molecule has 6 heteroatoms. The predicted molar refractivity (Wildman–Crippen MR) is 121 cm³/mol. The summed E-state index contributed by atoms with van der Waals surface area (Å²) in [5, 5.41) is 6.11. The number of benzene rings is 3. The molecule has 29 heavy (non-hydrogen) atoms. The summed E-state index contributed by atoms with van der Waals surface area (Å²) in [6.07, 6.45) is 1.61. The molecule has 0 aliphatic carbocycles. The highest BCUT2D eigenvalue weighted by atomic mass is 79.9. The Labute approximate surface area is 182 Å². The molecule has 0 saturated carbocycles. The van der Waals surface area contributed by atoms with Gasteiger partial charge in [0.1, 0.15) is 5.70 Å². The molecule has 4 nitrogen and oxygen atoms in total. The van der Waals surface area contributed by atoms with Gasteiger partial charge in [-0.15, -0.1) is 0 Å². The Morgan fingerprint density at radius 2 is 1.52 bits per heavy atom. The average molecular weight is 470 g/mol. The first-order valence-electron chi connectivity index (χ1n) is 8.83. The maximum atomic E-state index is 12.9. The van der Waals surface area contributed by atoms with Crippen molar-refractivity contribution in [1.29, 1.82) is 0 Å². The summed E-state index contributed by atoms with van der Waals surface area (Å²) in [4.78, 5) is 25.5. The number of amides is 2. The second-order valence-electron chi connectivity index (χ2n) is 6.39. The van der Waals surface area contributed by atoms with E-state index >= 15 is 0 Å². The second kappa shape index (κ2) is 9.54. The number of nitrogens with one attached hydrogen (secondary N) is 2. The zero-order chi connectivity index (χ0) is 20.8. The van der Waals surface area contributed by atoms with Gasteiger partial charge < -0.3 is 10.6 Å². The minimum absolute atomic E-state index is 0.126. The highest BCUT2D eigenvalue weighted by Crippen LogP contribution is 2.15. The Balaban J connectivity index is 1.86. The zero-order valence-corrected chi connectivity index (χ0v) is 17.9. The summed E-state index contributed by atoms with van der Waals surface area (Å²) in [5.41, 5.74) is 3.03. The Kier molecular flexibility index (Phi) is 6.86. The van der Waals surface area contributed by atoms with Gasteiger partial charge in [0.2, 0.25) is 0 Å². The van der Waals surface area contributed by atoms with Gasteiger partial charge in [0, 0.05) is 20.7 Å². The Hall–Kier alpha value is -2.89. The molecular formula is C23H18BrClN2O2. The first kappa shape index (κ1) is 20.8. The van der Waals surface area contributed by atoms with Crippen molar-refractivity contribution in [3.05, 3.63) is 105 Å². The fourth-order valence-electron chi connectivity index (χ4n) is 2.52.